The molecule has 1 aliphatic heterocycles. The van der Waals surface area contributed by atoms with Crippen molar-refractivity contribution >= 4 is 40.9 Å². The van der Waals surface area contributed by atoms with Gasteiger partial charge < -0.3 is 29.0 Å². The summed E-state index contributed by atoms with van der Waals surface area (Å²) in [6.45, 7) is 11.0. The van der Waals surface area contributed by atoms with Crippen LogP contribution in [0.1, 0.15) is 65.5 Å². The number of rotatable bonds is 7. The summed E-state index contributed by atoms with van der Waals surface area (Å²) < 4.78 is 47.9. The molecule has 1 atom stereocenters. The molecule has 0 bridgehead atoms. The number of carbonyl (C=O) groups is 3. The molecule has 1 unspecified atom stereocenters. The standard InChI is InChI=1S/C38H44F2N10O6/c1-36(2,3)55-34(52)50(35(53)56-37(4,5)6)32-30-31(42-21-43-32)49(22-44-30)18-24-15-28(23-10-11-26(39)27(40)14-23)41-17-29(24)48-13-9-12-38(20-48,46-33(51)54-8)25-16-45-47(7)19-25/h10-11,14-17,19,21-22H,9,12-13,18,20H2,1-8H3,(H,46,51). The fourth-order valence-electron chi connectivity index (χ4n) is 6.49. The minimum atomic E-state index is -1.02. The lowest BCUT2D eigenvalue weighted by Gasteiger charge is -2.44. The van der Waals surface area contributed by atoms with Crippen LogP contribution in [0.2, 0.25) is 0 Å². The first-order chi connectivity index (χ1) is 26.4. The van der Waals surface area contributed by atoms with Crippen molar-refractivity contribution in [2.24, 2.45) is 7.05 Å². The number of ether oxygens (including phenoxy) is 3. The van der Waals surface area contributed by atoms with E-state index in [0.29, 0.717) is 53.3 Å². The zero-order chi connectivity index (χ0) is 40.6. The van der Waals surface area contributed by atoms with Crippen LogP contribution >= 0.6 is 0 Å². The van der Waals surface area contributed by atoms with Crippen LogP contribution in [0, 0.1) is 11.6 Å². The summed E-state index contributed by atoms with van der Waals surface area (Å²) in [7, 11) is 3.09. The van der Waals surface area contributed by atoms with Gasteiger partial charge in [-0.3, -0.25) is 9.67 Å². The minimum absolute atomic E-state index is 0.108. The van der Waals surface area contributed by atoms with Crippen LogP contribution in [0.3, 0.4) is 0 Å². The Labute approximate surface area is 321 Å². The topological polar surface area (TPSA) is 172 Å². The summed E-state index contributed by atoms with van der Waals surface area (Å²) in [4.78, 5) is 60.5. The van der Waals surface area contributed by atoms with E-state index >= 15 is 0 Å². The van der Waals surface area contributed by atoms with Gasteiger partial charge in [-0.2, -0.15) is 10.00 Å². The zero-order valence-corrected chi connectivity index (χ0v) is 32.5. The average molecular weight is 775 g/mol. The first-order valence-corrected chi connectivity index (χ1v) is 17.8. The van der Waals surface area contributed by atoms with Gasteiger partial charge in [0.25, 0.3) is 0 Å². The van der Waals surface area contributed by atoms with E-state index in [2.05, 4.69) is 35.3 Å². The fraction of sp³-hybridized carbons (Fsp3) is 0.421. The van der Waals surface area contributed by atoms with E-state index in [1.165, 1.54) is 25.8 Å². The molecular formula is C38H44F2N10O6. The van der Waals surface area contributed by atoms with Gasteiger partial charge in [0.1, 0.15) is 17.5 Å². The largest absolute Gasteiger partial charge is 0.453 e. The number of anilines is 2. The number of hydrogen-bond acceptors (Lipinski definition) is 12. The number of hydrogen-bond donors (Lipinski definition) is 1. The first kappa shape index (κ1) is 39.5. The maximum Gasteiger partial charge on any atom is 0.425 e. The molecule has 1 fully saturated rings. The molecule has 5 aromatic rings. The minimum Gasteiger partial charge on any atom is -0.453 e. The van der Waals surface area contributed by atoms with Crippen LogP contribution in [0.5, 0.6) is 0 Å². The number of aryl methyl sites for hydroxylation is 1. The third-order valence-electron chi connectivity index (χ3n) is 8.89. The summed E-state index contributed by atoms with van der Waals surface area (Å²) in [5, 5.41) is 7.40. The van der Waals surface area contributed by atoms with E-state index in [9.17, 15) is 23.2 Å². The van der Waals surface area contributed by atoms with Crippen molar-refractivity contribution in [2.75, 3.05) is 30.0 Å². The van der Waals surface area contributed by atoms with E-state index in [-0.39, 0.29) is 23.5 Å². The number of nitrogens with one attached hydrogen (secondary N) is 1. The summed E-state index contributed by atoms with van der Waals surface area (Å²) >= 11 is 0. The van der Waals surface area contributed by atoms with E-state index in [1.807, 2.05) is 6.20 Å². The molecule has 1 aromatic carbocycles. The van der Waals surface area contributed by atoms with Gasteiger partial charge in [-0.1, -0.05) is 0 Å². The Balaban J connectivity index is 1.45. The van der Waals surface area contributed by atoms with Gasteiger partial charge in [0.2, 0.25) is 0 Å². The van der Waals surface area contributed by atoms with Gasteiger partial charge in [0.15, 0.2) is 28.6 Å². The molecule has 1 N–H and O–H groups in total. The number of aromatic nitrogens is 7. The van der Waals surface area contributed by atoms with Gasteiger partial charge in [0, 0.05) is 37.5 Å². The van der Waals surface area contributed by atoms with Crippen molar-refractivity contribution < 1.29 is 37.4 Å². The average Bonchev–Trinajstić information content (AvgIpc) is 3.75. The lowest BCUT2D eigenvalue weighted by Crippen LogP contribution is -2.56. The van der Waals surface area contributed by atoms with Crippen LogP contribution in [0.25, 0.3) is 22.4 Å². The summed E-state index contributed by atoms with van der Waals surface area (Å²) in [5.74, 6) is -2.16. The molecule has 0 aliphatic carbocycles. The Morgan fingerprint density at radius 3 is 2.29 bits per heavy atom. The second kappa shape index (κ2) is 15.1. The molecule has 296 valence electrons. The molecule has 18 heteroatoms. The highest BCUT2D eigenvalue weighted by molar-refractivity contribution is 6.12. The van der Waals surface area contributed by atoms with Crippen LogP contribution in [0.15, 0.2) is 55.5 Å². The van der Waals surface area contributed by atoms with Crippen molar-refractivity contribution in [1.82, 2.24) is 39.6 Å². The number of piperidine rings is 1. The van der Waals surface area contributed by atoms with E-state index < -0.39 is 46.7 Å². The highest BCUT2D eigenvalue weighted by Gasteiger charge is 2.41. The van der Waals surface area contributed by atoms with Crippen molar-refractivity contribution in [3.05, 3.63) is 78.3 Å². The molecule has 0 spiro atoms. The van der Waals surface area contributed by atoms with E-state index in [1.54, 1.807) is 76.3 Å². The smallest absolute Gasteiger partial charge is 0.425 e. The van der Waals surface area contributed by atoms with Crippen LogP contribution in [0.4, 0.5) is 34.7 Å². The number of halogens is 2. The summed E-state index contributed by atoms with van der Waals surface area (Å²) in [6.07, 6.45) is 6.51. The third-order valence-corrected chi connectivity index (χ3v) is 8.89. The SMILES string of the molecule is COC(=O)NC1(c2cnn(C)c2)CCCN(c2cnc(-c3ccc(F)c(F)c3)cc2Cn2cnc3c(N(C(=O)OC(C)(C)C)C(=O)OC(C)(C)C)ncnc32)C1. The number of amides is 3. The summed E-state index contributed by atoms with van der Waals surface area (Å²) in [6, 6.07) is 5.31. The van der Waals surface area contributed by atoms with Crippen molar-refractivity contribution in [3.63, 3.8) is 0 Å². The van der Waals surface area contributed by atoms with Crippen LogP contribution in [-0.2, 0) is 33.3 Å². The van der Waals surface area contributed by atoms with Gasteiger partial charge in [-0.25, -0.2) is 38.1 Å². The quantitative estimate of drug-likeness (QED) is 0.179. The second-order valence-corrected chi connectivity index (χ2v) is 15.5. The zero-order valence-electron chi connectivity index (χ0n) is 32.5. The van der Waals surface area contributed by atoms with Crippen molar-refractivity contribution in [1.29, 1.82) is 0 Å². The van der Waals surface area contributed by atoms with E-state index in [0.717, 1.165) is 17.7 Å². The Bertz CT molecular complexity index is 2250. The molecule has 4 aromatic heterocycles. The van der Waals surface area contributed by atoms with Crippen molar-refractivity contribution in [3.8, 4) is 11.3 Å². The van der Waals surface area contributed by atoms with Gasteiger partial charge >= 0.3 is 18.3 Å². The second-order valence-electron chi connectivity index (χ2n) is 15.5. The maximum atomic E-state index is 14.4. The normalized spacial score (nSPS) is 16.1. The number of alkyl carbamates (subject to hydrolysis) is 1. The molecule has 0 radical (unpaired) electrons. The van der Waals surface area contributed by atoms with Gasteiger partial charge in [-0.15, -0.1) is 0 Å². The Morgan fingerprint density at radius 2 is 1.66 bits per heavy atom. The lowest BCUT2D eigenvalue weighted by molar-refractivity contribution is 0.0429. The van der Waals surface area contributed by atoms with Gasteiger partial charge in [0.05, 0.1) is 49.3 Å². The number of benzene rings is 1. The number of carbonyl (C=O) groups excluding carboxylic acids is 3. The molecule has 16 nitrogen and oxygen atoms in total. The number of pyridine rings is 1. The lowest BCUT2D eigenvalue weighted by atomic mass is 9.83. The Kier molecular flexibility index (Phi) is 10.7. The van der Waals surface area contributed by atoms with Crippen LogP contribution < -0.4 is 15.1 Å². The van der Waals surface area contributed by atoms with E-state index in [4.69, 9.17) is 14.2 Å². The number of methoxy groups -OCH3 is 1. The first-order valence-electron chi connectivity index (χ1n) is 17.8. The highest BCUT2D eigenvalue weighted by atomic mass is 19.2. The Hall–Kier alpha value is -6.20. The fourth-order valence-corrected chi connectivity index (χ4v) is 6.49. The monoisotopic (exact) mass is 774 g/mol. The number of imide groups is 1. The number of imidazole rings is 1. The molecule has 5 heterocycles. The molecule has 3 amide bonds. The van der Waals surface area contributed by atoms with Crippen molar-refractivity contribution in [2.45, 2.75) is 77.7 Å². The molecule has 1 aliphatic rings. The highest BCUT2D eigenvalue weighted by Crippen LogP contribution is 2.37. The maximum absolute atomic E-state index is 14.4. The third kappa shape index (κ3) is 8.53. The molecule has 0 saturated carbocycles. The Morgan fingerprint density at radius 1 is 0.946 bits per heavy atom. The molecule has 1 saturated heterocycles. The molecular weight excluding hydrogens is 730 g/mol. The van der Waals surface area contributed by atoms with Gasteiger partial charge in [-0.05, 0) is 84.2 Å². The predicted octanol–water partition coefficient (Wildman–Crippen LogP) is 6.48. The summed E-state index contributed by atoms with van der Waals surface area (Å²) in [5.41, 5.74) is 0.425. The molecule has 56 heavy (non-hydrogen) atoms. The molecule has 6 rings (SSSR count). The number of fused-ring (bicyclic) bond motifs is 1. The predicted molar refractivity (Wildman–Crippen MR) is 201 cm³/mol. The van der Waals surface area contributed by atoms with Crippen LogP contribution in [-0.4, -0.2) is 84.0 Å². The number of nitrogens with zero attached hydrogens (tertiary/aromatic N) is 9.